The highest BCUT2D eigenvalue weighted by atomic mass is 35.5. The monoisotopic (exact) mass is 288 g/mol. The third-order valence-corrected chi connectivity index (χ3v) is 3.41. The van der Waals surface area contributed by atoms with Crippen molar-refractivity contribution in [2.75, 3.05) is 30.8 Å². The lowest BCUT2D eigenvalue weighted by atomic mass is 10.2. The fourth-order valence-corrected chi connectivity index (χ4v) is 2.43. The Bertz CT molecular complexity index is 460. The van der Waals surface area contributed by atoms with Crippen molar-refractivity contribution in [2.24, 2.45) is 0 Å². The number of carboxylic acids is 1. The molecule has 2 heterocycles. The van der Waals surface area contributed by atoms with E-state index >= 15 is 0 Å². The molecule has 8 heteroatoms. The van der Waals surface area contributed by atoms with E-state index in [2.05, 4.69) is 15.3 Å². The van der Waals surface area contributed by atoms with Gasteiger partial charge >= 0.3 is 5.97 Å². The molecule has 1 unspecified atom stereocenters. The molecule has 1 aromatic heterocycles. The van der Waals surface area contributed by atoms with Crippen molar-refractivity contribution in [3.63, 3.8) is 0 Å². The van der Waals surface area contributed by atoms with E-state index in [9.17, 15) is 9.90 Å². The van der Waals surface area contributed by atoms with Crippen LogP contribution in [0.4, 0.5) is 5.82 Å². The van der Waals surface area contributed by atoms with Crippen LogP contribution in [0.15, 0.2) is 11.2 Å². The number of carbonyl (C=O) groups is 1. The van der Waals surface area contributed by atoms with Gasteiger partial charge in [-0.25, -0.2) is 14.8 Å². The maximum atomic E-state index is 11.2. The molecule has 0 amide bonds. The zero-order chi connectivity index (χ0) is 13.1. The Kier molecular flexibility index (Phi) is 4.26. The van der Waals surface area contributed by atoms with Gasteiger partial charge in [-0.3, -0.25) is 0 Å². The van der Waals surface area contributed by atoms with Crippen LogP contribution in [0.5, 0.6) is 0 Å². The number of hydrogen-bond acceptors (Lipinski definition) is 6. The van der Waals surface area contributed by atoms with Gasteiger partial charge in [-0.1, -0.05) is 23.4 Å². The summed E-state index contributed by atoms with van der Waals surface area (Å²) in [5, 5.41) is 13.1. The molecule has 1 aliphatic heterocycles. The molecule has 98 valence electrons. The molecule has 0 aromatic carbocycles. The molecule has 1 atom stereocenters. The van der Waals surface area contributed by atoms with Crippen LogP contribution in [-0.4, -0.2) is 53.0 Å². The van der Waals surface area contributed by atoms with Crippen LogP contribution in [0.25, 0.3) is 0 Å². The van der Waals surface area contributed by atoms with E-state index in [1.807, 2.05) is 6.26 Å². The molecule has 1 aromatic rings. The fraction of sp³-hybridized carbons (Fsp3) is 0.500. The summed E-state index contributed by atoms with van der Waals surface area (Å²) in [4.78, 5) is 21.3. The summed E-state index contributed by atoms with van der Waals surface area (Å²) in [6.07, 6.45) is 1.85. The highest BCUT2D eigenvalue weighted by Crippen LogP contribution is 2.22. The third kappa shape index (κ3) is 2.85. The molecule has 0 bridgehead atoms. The SMILES string of the molecule is CSc1nc(Cl)cc(N2CCNCC2C(=O)O)n1. The quantitative estimate of drug-likeness (QED) is 0.482. The molecule has 1 fully saturated rings. The Balaban J connectivity index is 2.33. The molecular formula is C10H13ClN4O2S. The number of thioether (sulfide) groups is 1. The van der Waals surface area contributed by atoms with Crippen molar-refractivity contribution in [3.8, 4) is 0 Å². The molecular weight excluding hydrogens is 276 g/mol. The average molecular weight is 289 g/mol. The number of halogens is 1. The van der Waals surface area contributed by atoms with Crippen LogP contribution in [0.1, 0.15) is 0 Å². The van der Waals surface area contributed by atoms with Crippen molar-refractivity contribution in [1.82, 2.24) is 15.3 Å². The minimum absolute atomic E-state index is 0.326. The second kappa shape index (κ2) is 5.73. The molecule has 1 saturated heterocycles. The number of carboxylic acid groups (broad SMARTS) is 1. The number of nitrogens with zero attached hydrogens (tertiary/aromatic N) is 3. The Hall–Kier alpha value is -1.05. The Morgan fingerprint density at radius 1 is 1.67 bits per heavy atom. The predicted octanol–water partition coefficient (Wildman–Crippen LogP) is 0.715. The lowest BCUT2D eigenvalue weighted by molar-refractivity contribution is -0.138. The smallest absolute Gasteiger partial charge is 0.327 e. The molecule has 1 aliphatic rings. The van der Waals surface area contributed by atoms with Gasteiger partial charge < -0.3 is 15.3 Å². The minimum Gasteiger partial charge on any atom is -0.480 e. The predicted molar refractivity (Wildman–Crippen MR) is 70.5 cm³/mol. The minimum atomic E-state index is -0.873. The van der Waals surface area contributed by atoms with Crippen LogP contribution in [0, 0.1) is 0 Å². The van der Waals surface area contributed by atoms with Crippen LogP contribution in [-0.2, 0) is 4.79 Å². The van der Waals surface area contributed by atoms with E-state index in [1.54, 1.807) is 11.0 Å². The van der Waals surface area contributed by atoms with Crippen LogP contribution in [0.3, 0.4) is 0 Å². The maximum absolute atomic E-state index is 11.2. The van der Waals surface area contributed by atoms with Crippen molar-refractivity contribution >= 4 is 35.1 Å². The van der Waals surface area contributed by atoms with Crippen molar-refractivity contribution in [3.05, 3.63) is 11.2 Å². The molecule has 0 spiro atoms. The molecule has 6 nitrogen and oxygen atoms in total. The second-order valence-electron chi connectivity index (χ2n) is 3.79. The largest absolute Gasteiger partial charge is 0.480 e. The van der Waals surface area contributed by atoms with Crippen LogP contribution < -0.4 is 10.2 Å². The van der Waals surface area contributed by atoms with Gasteiger partial charge in [-0.05, 0) is 6.26 Å². The van der Waals surface area contributed by atoms with E-state index in [4.69, 9.17) is 11.6 Å². The molecule has 0 aliphatic carbocycles. The van der Waals surface area contributed by atoms with Gasteiger partial charge in [-0.2, -0.15) is 0 Å². The first-order valence-corrected chi connectivity index (χ1v) is 7.01. The lowest BCUT2D eigenvalue weighted by Crippen LogP contribution is -2.55. The zero-order valence-corrected chi connectivity index (χ0v) is 11.3. The van der Waals surface area contributed by atoms with Crippen LogP contribution in [0.2, 0.25) is 5.15 Å². The molecule has 2 N–H and O–H groups in total. The number of aliphatic carboxylic acids is 1. The molecule has 2 rings (SSSR count). The van der Waals surface area contributed by atoms with Gasteiger partial charge in [0.05, 0.1) is 0 Å². The van der Waals surface area contributed by atoms with Gasteiger partial charge in [0, 0.05) is 25.7 Å². The topological polar surface area (TPSA) is 78.4 Å². The van der Waals surface area contributed by atoms with Gasteiger partial charge in [-0.15, -0.1) is 0 Å². The van der Waals surface area contributed by atoms with Crippen molar-refractivity contribution in [2.45, 2.75) is 11.2 Å². The normalized spacial score (nSPS) is 19.9. The van der Waals surface area contributed by atoms with Gasteiger partial charge in [0.15, 0.2) is 5.16 Å². The molecule has 18 heavy (non-hydrogen) atoms. The summed E-state index contributed by atoms with van der Waals surface area (Å²) < 4.78 is 0. The van der Waals surface area contributed by atoms with E-state index in [-0.39, 0.29) is 0 Å². The highest BCUT2D eigenvalue weighted by molar-refractivity contribution is 7.98. The van der Waals surface area contributed by atoms with Gasteiger partial charge in [0.25, 0.3) is 0 Å². The fourth-order valence-electron chi connectivity index (χ4n) is 1.82. The summed E-state index contributed by atoms with van der Waals surface area (Å²) in [5.74, 6) is -0.309. The summed E-state index contributed by atoms with van der Waals surface area (Å²) >= 11 is 7.30. The number of anilines is 1. The Morgan fingerprint density at radius 3 is 3.11 bits per heavy atom. The van der Waals surface area contributed by atoms with E-state index in [0.717, 1.165) is 6.54 Å². The van der Waals surface area contributed by atoms with E-state index in [0.29, 0.717) is 29.2 Å². The van der Waals surface area contributed by atoms with E-state index < -0.39 is 12.0 Å². The standard InChI is InChI=1S/C10H13ClN4O2S/c1-18-10-13-7(11)4-8(14-10)15-3-2-12-5-6(15)9(16)17/h4,6,12H,2-3,5H2,1H3,(H,16,17). The number of hydrogen-bond donors (Lipinski definition) is 2. The molecule has 0 radical (unpaired) electrons. The zero-order valence-electron chi connectivity index (χ0n) is 9.76. The number of aromatic nitrogens is 2. The van der Waals surface area contributed by atoms with Crippen molar-refractivity contribution in [1.29, 1.82) is 0 Å². The number of rotatable bonds is 3. The van der Waals surface area contributed by atoms with Gasteiger partial charge in [0.2, 0.25) is 0 Å². The van der Waals surface area contributed by atoms with Gasteiger partial charge in [0.1, 0.15) is 17.0 Å². The lowest BCUT2D eigenvalue weighted by Gasteiger charge is -2.34. The number of piperazine rings is 1. The summed E-state index contributed by atoms with van der Waals surface area (Å²) in [6.45, 7) is 1.70. The summed E-state index contributed by atoms with van der Waals surface area (Å²) in [6, 6.07) is 0.974. The Morgan fingerprint density at radius 2 is 2.44 bits per heavy atom. The summed E-state index contributed by atoms with van der Waals surface area (Å²) in [7, 11) is 0. The highest BCUT2D eigenvalue weighted by Gasteiger charge is 2.29. The third-order valence-electron chi connectivity index (χ3n) is 2.67. The first kappa shape index (κ1) is 13.4. The maximum Gasteiger partial charge on any atom is 0.327 e. The average Bonchev–Trinajstić information content (AvgIpc) is 2.38. The van der Waals surface area contributed by atoms with Crippen molar-refractivity contribution < 1.29 is 9.90 Å². The first-order valence-electron chi connectivity index (χ1n) is 5.40. The molecule has 0 saturated carbocycles. The second-order valence-corrected chi connectivity index (χ2v) is 4.95. The van der Waals surface area contributed by atoms with Crippen LogP contribution >= 0.6 is 23.4 Å². The first-order chi connectivity index (χ1) is 8.61. The summed E-state index contributed by atoms with van der Waals surface area (Å²) in [5.41, 5.74) is 0. The number of nitrogens with one attached hydrogen (secondary N) is 1. The Labute approximate surface area is 114 Å². The van der Waals surface area contributed by atoms with E-state index in [1.165, 1.54) is 11.8 Å².